The third-order valence-corrected chi connectivity index (χ3v) is 4.51. The molecule has 1 aromatic carbocycles. The summed E-state index contributed by atoms with van der Waals surface area (Å²) in [6, 6.07) is 5.58. The molecule has 0 radical (unpaired) electrons. The lowest BCUT2D eigenvalue weighted by atomic mass is 10.1. The molecular formula is C17H20ClN5O2. The normalized spacial score (nSPS) is 15.9. The van der Waals surface area contributed by atoms with E-state index < -0.39 is 0 Å². The van der Waals surface area contributed by atoms with Gasteiger partial charge in [-0.1, -0.05) is 0 Å². The Labute approximate surface area is 151 Å². The summed E-state index contributed by atoms with van der Waals surface area (Å²) in [5, 5.41) is 16.2. The van der Waals surface area contributed by atoms with E-state index in [0.29, 0.717) is 18.7 Å². The Morgan fingerprint density at radius 2 is 2.08 bits per heavy atom. The molecule has 0 atom stereocenters. The zero-order valence-electron chi connectivity index (χ0n) is 13.6. The van der Waals surface area contributed by atoms with Crippen LogP contribution in [-0.2, 0) is 24.2 Å². The maximum absolute atomic E-state index is 12.5. The summed E-state index contributed by atoms with van der Waals surface area (Å²) in [5.74, 6) is -0.171. The van der Waals surface area contributed by atoms with Crippen LogP contribution in [0.25, 0.3) is 0 Å². The number of fused-ring (bicyclic) bond motifs is 2. The van der Waals surface area contributed by atoms with Crippen molar-refractivity contribution in [1.29, 1.82) is 0 Å². The van der Waals surface area contributed by atoms with Crippen molar-refractivity contribution < 1.29 is 9.59 Å². The number of amides is 2. The van der Waals surface area contributed by atoms with E-state index in [9.17, 15) is 9.59 Å². The van der Waals surface area contributed by atoms with Crippen LogP contribution in [0.15, 0.2) is 18.2 Å². The van der Waals surface area contributed by atoms with E-state index in [1.165, 1.54) is 0 Å². The van der Waals surface area contributed by atoms with E-state index in [4.69, 9.17) is 0 Å². The fourth-order valence-electron chi connectivity index (χ4n) is 3.26. The number of benzene rings is 1. The molecule has 2 aliphatic rings. The summed E-state index contributed by atoms with van der Waals surface area (Å²) in [6.45, 7) is 1.55. The lowest BCUT2D eigenvalue weighted by Gasteiger charge is -2.13. The van der Waals surface area contributed by atoms with Crippen LogP contribution >= 0.6 is 12.4 Å². The third kappa shape index (κ3) is 3.52. The van der Waals surface area contributed by atoms with E-state index in [1.54, 1.807) is 6.07 Å². The van der Waals surface area contributed by atoms with Gasteiger partial charge in [0.15, 0.2) is 5.69 Å². The highest BCUT2D eigenvalue weighted by Crippen LogP contribution is 2.26. The van der Waals surface area contributed by atoms with Gasteiger partial charge in [-0.25, -0.2) is 0 Å². The monoisotopic (exact) mass is 361 g/mol. The molecule has 3 heterocycles. The summed E-state index contributed by atoms with van der Waals surface area (Å²) < 4.78 is 0. The van der Waals surface area contributed by atoms with Crippen molar-refractivity contribution in [2.75, 3.05) is 17.2 Å². The van der Waals surface area contributed by atoms with E-state index in [-0.39, 0.29) is 24.2 Å². The largest absolute Gasteiger partial charge is 0.326 e. The van der Waals surface area contributed by atoms with Crippen molar-refractivity contribution in [3.63, 3.8) is 0 Å². The van der Waals surface area contributed by atoms with Crippen LogP contribution in [0.5, 0.6) is 0 Å². The molecule has 0 saturated heterocycles. The fourth-order valence-corrected chi connectivity index (χ4v) is 3.26. The lowest BCUT2D eigenvalue weighted by Crippen LogP contribution is -2.25. The second-order valence-corrected chi connectivity index (χ2v) is 6.18. The van der Waals surface area contributed by atoms with Gasteiger partial charge >= 0.3 is 0 Å². The Balaban J connectivity index is 0.00000182. The minimum atomic E-state index is -0.214. The van der Waals surface area contributed by atoms with Crippen LogP contribution in [0.2, 0.25) is 0 Å². The Bertz CT molecular complexity index is 817. The second kappa shape index (κ2) is 7.25. The average molecular weight is 362 g/mol. The SMILES string of the molecule is Cl.O=C1CCCc2cc(NC(=O)c3n[nH]c4c3CNCC4)ccc2N1. The van der Waals surface area contributed by atoms with Gasteiger partial charge in [-0.2, -0.15) is 5.10 Å². The topological polar surface area (TPSA) is 98.9 Å². The van der Waals surface area contributed by atoms with Gasteiger partial charge in [0.25, 0.3) is 5.91 Å². The Kier molecular flexibility index (Phi) is 5.06. The highest BCUT2D eigenvalue weighted by molar-refractivity contribution is 6.04. The lowest BCUT2D eigenvalue weighted by molar-refractivity contribution is -0.116. The zero-order valence-corrected chi connectivity index (χ0v) is 14.5. The number of hydrogen-bond donors (Lipinski definition) is 4. The van der Waals surface area contributed by atoms with Crippen LogP contribution in [0, 0.1) is 0 Å². The molecular weight excluding hydrogens is 342 g/mol. The first kappa shape index (κ1) is 17.4. The molecule has 0 fully saturated rings. The average Bonchev–Trinajstić information content (AvgIpc) is 2.92. The van der Waals surface area contributed by atoms with Crippen molar-refractivity contribution >= 4 is 35.6 Å². The van der Waals surface area contributed by atoms with Crippen molar-refractivity contribution in [2.24, 2.45) is 0 Å². The van der Waals surface area contributed by atoms with Gasteiger partial charge in [0.2, 0.25) is 5.91 Å². The molecule has 2 aliphatic heterocycles. The number of hydrogen-bond acceptors (Lipinski definition) is 4. The highest BCUT2D eigenvalue weighted by atomic mass is 35.5. The van der Waals surface area contributed by atoms with Crippen molar-refractivity contribution in [2.45, 2.75) is 32.2 Å². The number of H-pyrrole nitrogens is 1. The number of aryl methyl sites for hydroxylation is 1. The second-order valence-electron chi connectivity index (χ2n) is 6.18. The van der Waals surface area contributed by atoms with Crippen LogP contribution in [0.3, 0.4) is 0 Å². The highest BCUT2D eigenvalue weighted by Gasteiger charge is 2.22. The standard InChI is InChI=1S/C17H19N5O2.ClH/c23-15-3-1-2-10-8-11(4-5-13(10)20-15)19-17(24)16-12-9-18-7-6-14(12)21-22-16;/h4-5,8,18H,1-3,6-7,9H2,(H,19,24)(H,20,23)(H,21,22);1H. The predicted molar refractivity (Wildman–Crippen MR) is 97.2 cm³/mol. The number of nitrogens with one attached hydrogen (secondary N) is 4. The summed E-state index contributed by atoms with van der Waals surface area (Å²) in [6.07, 6.45) is 3.02. The summed E-state index contributed by atoms with van der Waals surface area (Å²) in [4.78, 5) is 24.1. The smallest absolute Gasteiger partial charge is 0.276 e. The minimum Gasteiger partial charge on any atom is -0.326 e. The van der Waals surface area contributed by atoms with Crippen LogP contribution in [-0.4, -0.2) is 28.6 Å². The van der Waals surface area contributed by atoms with Crippen LogP contribution in [0.4, 0.5) is 11.4 Å². The molecule has 7 nitrogen and oxygen atoms in total. The Hall–Kier alpha value is -2.38. The van der Waals surface area contributed by atoms with E-state index >= 15 is 0 Å². The molecule has 0 unspecified atom stereocenters. The Morgan fingerprint density at radius 1 is 1.20 bits per heavy atom. The van der Waals surface area contributed by atoms with Crippen LogP contribution in [0.1, 0.15) is 40.2 Å². The van der Waals surface area contributed by atoms with E-state index in [0.717, 1.165) is 54.0 Å². The van der Waals surface area contributed by atoms with Crippen molar-refractivity contribution in [3.8, 4) is 0 Å². The number of carbonyl (C=O) groups excluding carboxylic acids is 2. The summed E-state index contributed by atoms with van der Waals surface area (Å²) >= 11 is 0. The van der Waals surface area contributed by atoms with Crippen molar-refractivity contribution in [1.82, 2.24) is 15.5 Å². The number of halogens is 1. The number of aromatic nitrogens is 2. The molecule has 0 spiro atoms. The molecule has 1 aromatic heterocycles. The van der Waals surface area contributed by atoms with Gasteiger partial charge in [0.1, 0.15) is 0 Å². The third-order valence-electron chi connectivity index (χ3n) is 4.51. The van der Waals surface area contributed by atoms with Gasteiger partial charge in [-0.3, -0.25) is 14.7 Å². The van der Waals surface area contributed by atoms with E-state index in [2.05, 4.69) is 26.1 Å². The molecule has 0 bridgehead atoms. The van der Waals surface area contributed by atoms with Gasteiger partial charge in [-0.05, 0) is 36.6 Å². The summed E-state index contributed by atoms with van der Waals surface area (Å²) in [7, 11) is 0. The number of carbonyl (C=O) groups is 2. The Morgan fingerprint density at radius 3 is 2.96 bits per heavy atom. The number of nitrogens with zero attached hydrogens (tertiary/aromatic N) is 1. The van der Waals surface area contributed by atoms with Gasteiger partial charge in [0.05, 0.1) is 0 Å². The fraction of sp³-hybridized carbons (Fsp3) is 0.353. The molecule has 25 heavy (non-hydrogen) atoms. The zero-order chi connectivity index (χ0) is 16.5. The predicted octanol–water partition coefficient (Wildman–Crippen LogP) is 2.00. The first-order valence-corrected chi connectivity index (χ1v) is 8.21. The quantitative estimate of drug-likeness (QED) is 0.657. The first-order valence-electron chi connectivity index (χ1n) is 8.21. The molecule has 2 aromatic rings. The minimum absolute atomic E-state index is 0. The van der Waals surface area contributed by atoms with E-state index in [1.807, 2.05) is 12.1 Å². The van der Waals surface area contributed by atoms with Crippen molar-refractivity contribution in [3.05, 3.63) is 40.7 Å². The van der Waals surface area contributed by atoms with Gasteiger partial charge in [-0.15, -0.1) is 12.4 Å². The molecule has 4 N–H and O–H groups in total. The molecule has 132 valence electrons. The summed E-state index contributed by atoms with van der Waals surface area (Å²) in [5.41, 5.74) is 5.02. The maximum Gasteiger partial charge on any atom is 0.276 e. The van der Waals surface area contributed by atoms with Gasteiger partial charge in [0, 0.05) is 48.6 Å². The number of aromatic amines is 1. The molecule has 0 aliphatic carbocycles. The van der Waals surface area contributed by atoms with Gasteiger partial charge < -0.3 is 16.0 Å². The number of rotatable bonds is 2. The first-order chi connectivity index (χ1) is 11.7. The van der Waals surface area contributed by atoms with Crippen LogP contribution < -0.4 is 16.0 Å². The maximum atomic E-state index is 12.5. The molecule has 8 heteroatoms. The molecule has 4 rings (SSSR count). The molecule has 2 amide bonds. The number of anilines is 2. The molecule has 0 saturated carbocycles.